The van der Waals surface area contributed by atoms with Gasteiger partial charge in [0, 0.05) is 17.7 Å². The minimum Gasteiger partial charge on any atom is -0.287 e. The van der Waals surface area contributed by atoms with Crippen LogP contribution in [0.3, 0.4) is 0 Å². The fourth-order valence-electron chi connectivity index (χ4n) is 2.89. The zero-order chi connectivity index (χ0) is 17.4. The van der Waals surface area contributed by atoms with E-state index in [0.717, 1.165) is 37.9 Å². The Bertz CT molecular complexity index is 1130. The highest BCUT2D eigenvalue weighted by Gasteiger charge is 2.12. The van der Waals surface area contributed by atoms with Crippen LogP contribution < -0.4 is 5.56 Å². The molecule has 0 saturated carbocycles. The Morgan fingerprint density at radius 2 is 1.92 bits per heavy atom. The highest BCUT2D eigenvalue weighted by atomic mass is 32.2. The summed E-state index contributed by atoms with van der Waals surface area (Å²) in [4.78, 5) is 22.2. The summed E-state index contributed by atoms with van der Waals surface area (Å²) in [5, 5.41) is 6.71. The lowest BCUT2D eigenvalue weighted by atomic mass is 10.1. The van der Waals surface area contributed by atoms with Crippen LogP contribution in [0.25, 0.3) is 21.7 Å². The number of hydrogen-bond acceptors (Lipinski definition) is 5. The molecule has 0 unspecified atom stereocenters. The molecule has 0 amide bonds. The topological polar surface area (TPSA) is 47.8 Å². The van der Waals surface area contributed by atoms with Gasteiger partial charge in [0.25, 0.3) is 5.56 Å². The third-order valence-electron chi connectivity index (χ3n) is 4.12. The number of nitrogens with zero attached hydrogens (tertiary/aromatic N) is 3. The van der Waals surface area contributed by atoms with Crippen LogP contribution >= 0.6 is 23.1 Å². The first kappa shape index (κ1) is 16.3. The molecule has 4 aromatic rings. The van der Waals surface area contributed by atoms with Crippen molar-refractivity contribution >= 4 is 44.8 Å². The summed E-state index contributed by atoms with van der Waals surface area (Å²) in [5.74, 6) is 0.718. The van der Waals surface area contributed by atoms with Crippen LogP contribution in [-0.2, 0) is 12.3 Å². The second-order valence-electron chi connectivity index (χ2n) is 5.81. The molecule has 0 bridgehead atoms. The molecule has 2 heterocycles. The van der Waals surface area contributed by atoms with Crippen molar-refractivity contribution < 1.29 is 0 Å². The van der Waals surface area contributed by atoms with Crippen molar-refractivity contribution in [2.24, 2.45) is 0 Å². The molecule has 4 rings (SSSR count). The predicted molar refractivity (Wildman–Crippen MR) is 106 cm³/mol. The summed E-state index contributed by atoms with van der Waals surface area (Å²) in [6, 6.07) is 12.0. The molecule has 0 N–H and O–H groups in total. The third kappa shape index (κ3) is 3.07. The van der Waals surface area contributed by atoms with Gasteiger partial charge in [-0.25, -0.2) is 9.97 Å². The van der Waals surface area contributed by atoms with Crippen LogP contribution in [-0.4, -0.2) is 14.5 Å². The lowest BCUT2D eigenvalue weighted by Crippen LogP contribution is -2.22. The number of aryl methyl sites for hydroxylation is 1. The summed E-state index contributed by atoms with van der Waals surface area (Å²) in [6.45, 7) is 4.58. The summed E-state index contributed by atoms with van der Waals surface area (Å²) in [6.07, 6.45) is 0. The average molecular weight is 367 g/mol. The Hall–Kier alpha value is -2.18. The predicted octanol–water partition coefficient (Wildman–Crippen LogP) is 4.63. The van der Waals surface area contributed by atoms with Gasteiger partial charge in [-0.05, 0) is 36.8 Å². The van der Waals surface area contributed by atoms with E-state index in [4.69, 9.17) is 4.98 Å². The van der Waals surface area contributed by atoms with Gasteiger partial charge in [0.2, 0.25) is 0 Å². The Morgan fingerprint density at radius 1 is 1.16 bits per heavy atom. The van der Waals surface area contributed by atoms with E-state index in [2.05, 4.69) is 10.4 Å². The molecule has 126 valence electrons. The zero-order valence-electron chi connectivity index (χ0n) is 14.0. The fraction of sp³-hybridized carbons (Fsp3) is 0.211. The van der Waals surface area contributed by atoms with E-state index in [1.165, 1.54) is 0 Å². The van der Waals surface area contributed by atoms with Crippen LogP contribution in [0.4, 0.5) is 0 Å². The van der Waals surface area contributed by atoms with Gasteiger partial charge in [0.1, 0.15) is 0 Å². The summed E-state index contributed by atoms with van der Waals surface area (Å²) >= 11 is 3.21. The first-order valence-corrected chi connectivity index (χ1v) is 9.99. The van der Waals surface area contributed by atoms with Crippen molar-refractivity contribution in [1.29, 1.82) is 0 Å². The number of rotatable bonds is 4. The van der Waals surface area contributed by atoms with Crippen LogP contribution in [0.5, 0.6) is 0 Å². The Labute approximate surface area is 153 Å². The minimum atomic E-state index is 0.0233. The summed E-state index contributed by atoms with van der Waals surface area (Å²) in [7, 11) is 0. The normalized spacial score (nSPS) is 11.4. The van der Waals surface area contributed by atoms with Crippen LogP contribution in [0.15, 0.2) is 51.7 Å². The standard InChI is InChI=1S/C19H17N3OS2/c1-3-22-18(23)16-8-13-6-4-5-7-14(13)9-17(16)21-19(22)25-11-15-10-24-12(2)20-15/h4-10H,3,11H2,1-2H3. The molecule has 0 saturated heterocycles. The van der Waals surface area contributed by atoms with Crippen LogP contribution in [0, 0.1) is 6.92 Å². The summed E-state index contributed by atoms with van der Waals surface area (Å²) in [5.41, 5.74) is 1.81. The molecular weight excluding hydrogens is 350 g/mol. The maximum atomic E-state index is 12.9. The molecule has 0 aliphatic carbocycles. The molecule has 2 aromatic heterocycles. The van der Waals surface area contributed by atoms with Gasteiger partial charge in [0.05, 0.1) is 21.6 Å². The lowest BCUT2D eigenvalue weighted by Gasteiger charge is -2.11. The van der Waals surface area contributed by atoms with Gasteiger partial charge in [-0.1, -0.05) is 36.0 Å². The number of fused-ring (bicyclic) bond motifs is 2. The van der Waals surface area contributed by atoms with E-state index in [1.807, 2.05) is 50.2 Å². The van der Waals surface area contributed by atoms with E-state index in [1.54, 1.807) is 27.7 Å². The van der Waals surface area contributed by atoms with E-state index in [9.17, 15) is 4.79 Å². The van der Waals surface area contributed by atoms with Crippen LogP contribution in [0.2, 0.25) is 0 Å². The van der Waals surface area contributed by atoms with Crippen molar-refractivity contribution in [3.05, 3.63) is 62.8 Å². The molecule has 25 heavy (non-hydrogen) atoms. The molecule has 0 atom stereocenters. The summed E-state index contributed by atoms with van der Waals surface area (Å²) < 4.78 is 1.75. The number of aromatic nitrogens is 3. The molecule has 0 spiro atoms. The largest absolute Gasteiger partial charge is 0.287 e. The molecule has 2 aromatic carbocycles. The lowest BCUT2D eigenvalue weighted by molar-refractivity contribution is 0.634. The zero-order valence-corrected chi connectivity index (χ0v) is 15.7. The van der Waals surface area contributed by atoms with E-state index in [-0.39, 0.29) is 5.56 Å². The van der Waals surface area contributed by atoms with Gasteiger partial charge in [-0.2, -0.15) is 0 Å². The maximum Gasteiger partial charge on any atom is 0.262 e. The van der Waals surface area contributed by atoms with E-state index >= 15 is 0 Å². The SMILES string of the molecule is CCn1c(SCc2csc(C)n2)nc2cc3ccccc3cc2c1=O. The van der Waals surface area contributed by atoms with E-state index in [0.29, 0.717) is 11.9 Å². The number of benzene rings is 2. The van der Waals surface area contributed by atoms with Gasteiger partial charge >= 0.3 is 0 Å². The fourth-order valence-corrected chi connectivity index (χ4v) is 4.56. The molecule has 0 fully saturated rings. The molecular formula is C19H17N3OS2. The number of thiazole rings is 1. The Morgan fingerprint density at radius 3 is 2.60 bits per heavy atom. The maximum absolute atomic E-state index is 12.9. The van der Waals surface area contributed by atoms with Crippen LogP contribution in [0.1, 0.15) is 17.6 Å². The Kier molecular flexibility index (Phi) is 4.31. The molecule has 4 nitrogen and oxygen atoms in total. The van der Waals surface area contributed by atoms with Crippen molar-refractivity contribution in [2.45, 2.75) is 31.3 Å². The smallest absolute Gasteiger partial charge is 0.262 e. The van der Waals surface area contributed by atoms with Crippen molar-refractivity contribution in [2.75, 3.05) is 0 Å². The number of thioether (sulfide) groups is 1. The monoisotopic (exact) mass is 367 g/mol. The molecule has 0 aliphatic heterocycles. The van der Waals surface area contributed by atoms with Crippen molar-refractivity contribution in [3.8, 4) is 0 Å². The highest BCUT2D eigenvalue weighted by molar-refractivity contribution is 7.98. The quantitative estimate of drug-likeness (QED) is 0.300. The minimum absolute atomic E-state index is 0.0233. The first-order valence-electron chi connectivity index (χ1n) is 8.13. The Balaban J connectivity index is 1.82. The first-order chi connectivity index (χ1) is 12.2. The van der Waals surface area contributed by atoms with Gasteiger partial charge in [-0.3, -0.25) is 9.36 Å². The van der Waals surface area contributed by atoms with E-state index < -0.39 is 0 Å². The van der Waals surface area contributed by atoms with Gasteiger partial charge in [0.15, 0.2) is 5.16 Å². The number of hydrogen-bond donors (Lipinski definition) is 0. The molecule has 0 radical (unpaired) electrons. The molecule has 6 heteroatoms. The van der Waals surface area contributed by atoms with Crippen molar-refractivity contribution in [3.63, 3.8) is 0 Å². The average Bonchev–Trinajstić information content (AvgIpc) is 3.04. The second kappa shape index (κ2) is 6.61. The van der Waals surface area contributed by atoms with Gasteiger partial charge < -0.3 is 0 Å². The molecule has 0 aliphatic rings. The third-order valence-corrected chi connectivity index (χ3v) is 5.95. The highest BCUT2D eigenvalue weighted by Crippen LogP contribution is 2.25. The van der Waals surface area contributed by atoms with Gasteiger partial charge in [-0.15, -0.1) is 11.3 Å². The second-order valence-corrected chi connectivity index (χ2v) is 7.81. The van der Waals surface area contributed by atoms with Crippen molar-refractivity contribution in [1.82, 2.24) is 14.5 Å².